The van der Waals surface area contributed by atoms with E-state index in [2.05, 4.69) is 10.3 Å². The Morgan fingerprint density at radius 2 is 1.97 bits per heavy atom. The molecule has 4 aromatic rings. The van der Waals surface area contributed by atoms with Crippen molar-refractivity contribution in [3.63, 3.8) is 0 Å². The highest BCUT2D eigenvalue weighted by Crippen LogP contribution is 2.41. The number of nitro groups is 1. The third-order valence-electron chi connectivity index (χ3n) is 4.40. The summed E-state index contributed by atoms with van der Waals surface area (Å²) in [5.74, 6) is 0.312. The topological polar surface area (TPSA) is 123 Å². The summed E-state index contributed by atoms with van der Waals surface area (Å²) >= 11 is 2.64. The maximum Gasteiger partial charge on any atom is 0.411 e. The van der Waals surface area contributed by atoms with Crippen LogP contribution in [-0.2, 0) is 13.1 Å². The lowest BCUT2D eigenvalue weighted by molar-refractivity contribution is -0.380. The van der Waals surface area contributed by atoms with Crippen LogP contribution in [0.4, 0.5) is 9.80 Å². The van der Waals surface area contributed by atoms with Gasteiger partial charge in [-0.05, 0) is 29.8 Å². The molecule has 0 saturated carbocycles. The van der Waals surface area contributed by atoms with E-state index in [1.807, 2.05) is 48.5 Å². The second-order valence-corrected chi connectivity index (χ2v) is 8.83. The van der Waals surface area contributed by atoms with Crippen molar-refractivity contribution in [2.24, 2.45) is 5.73 Å². The van der Waals surface area contributed by atoms with Crippen LogP contribution in [0.25, 0.3) is 10.9 Å². The van der Waals surface area contributed by atoms with E-state index in [0.717, 1.165) is 42.5 Å². The predicted molar refractivity (Wildman–Crippen MR) is 121 cm³/mol. The fraction of sp³-hybridized carbons (Fsp3) is 0.0952. The third kappa shape index (κ3) is 5.05. The van der Waals surface area contributed by atoms with Gasteiger partial charge in [-0.3, -0.25) is 10.1 Å². The highest BCUT2D eigenvalue weighted by atomic mass is 32.2. The monoisotopic (exact) mass is 454 g/mol. The van der Waals surface area contributed by atoms with Crippen LogP contribution in [0.15, 0.2) is 70.5 Å². The Balaban J connectivity index is 1.52. The minimum Gasteiger partial charge on any atom is -0.392 e. The van der Waals surface area contributed by atoms with E-state index in [9.17, 15) is 14.9 Å². The molecule has 2 aromatic heterocycles. The Hall–Kier alpha value is -3.34. The van der Waals surface area contributed by atoms with Crippen LogP contribution in [0.5, 0.6) is 5.88 Å². The van der Waals surface area contributed by atoms with Gasteiger partial charge in [0.2, 0.25) is 5.88 Å². The summed E-state index contributed by atoms with van der Waals surface area (Å²) in [4.78, 5) is 27.6. The zero-order valence-corrected chi connectivity index (χ0v) is 17.8. The van der Waals surface area contributed by atoms with Gasteiger partial charge in [0.15, 0.2) is 0 Å². The Morgan fingerprint density at radius 1 is 1.16 bits per heavy atom. The molecule has 1 amide bonds. The highest BCUT2D eigenvalue weighted by molar-refractivity contribution is 7.99. The largest absolute Gasteiger partial charge is 0.411 e. The standard InChI is InChI=1S/C21H18N4O4S2/c22-21(26)29-20-19(31-14-4-2-1-3-5-14)16-8-6-13(10-17(16)24-20)11-23-12-15-7-9-18(30-15)25(27)28/h1-10,23-24H,11-12H2,(H2,22,26). The summed E-state index contributed by atoms with van der Waals surface area (Å²) in [6.07, 6.45) is -0.881. The van der Waals surface area contributed by atoms with Crippen LogP contribution in [0.3, 0.4) is 0 Å². The molecule has 8 nitrogen and oxygen atoms in total. The quantitative estimate of drug-likeness (QED) is 0.253. The number of hydrogen-bond donors (Lipinski definition) is 3. The van der Waals surface area contributed by atoms with Crippen LogP contribution < -0.4 is 15.8 Å². The summed E-state index contributed by atoms with van der Waals surface area (Å²) in [5.41, 5.74) is 7.07. The maximum atomic E-state index is 11.4. The van der Waals surface area contributed by atoms with Gasteiger partial charge in [-0.1, -0.05) is 53.4 Å². The van der Waals surface area contributed by atoms with Crippen molar-refractivity contribution in [2.75, 3.05) is 0 Å². The number of fused-ring (bicyclic) bond motifs is 1. The number of thiophene rings is 1. The molecule has 0 saturated heterocycles. The number of aromatic nitrogens is 1. The zero-order valence-electron chi connectivity index (χ0n) is 16.2. The van der Waals surface area contributed by atoms with Gasteiger partial charge in [0, 0.05) is 39.8 Å². The Labute approximate surface area is 185 Å². The molecular formula is C21H18N4O4S2. The number of aromatic amines is 1. The van der Waals surface area contributed by atoms with Crippen LogP contribution in [0, 0.1) is 10.1 Å². The number of benzene rings is 2. The van der Waals surface area contributed by atoms with Crippen LogP contribution in [0.2, 0.25) is 0 Å². The average Bonchev–Trinajstić information content (AvgIpc) is 3.34. The molecule has 158 valence electrons. The van der Waals surface area contributed by atoms with Crippen molar-refractivity contribution in [1.82, 2.24) is 10.3 Å². The number of nitrogens with one attached hydrogen (secondary N) is 2. The molecule has 31 heavy (non-hydrogen) atoms. The lowest BCUT2D eigenvalue weighted by Gasteiger charge is -2.05. The van der Waals surface area contributed by atoms with Crippen molar-refractivity contribution in [1.29, 1.82) is 0 Å². The van der Waals surface area contributed by atoms with Gasteiger partial charge < -0.3 is 20.8 Å². The smallest absolute Gasteiger partial charge is 0.392 e. The summed E-state index contributed by atoms with van der Waals surface area (Å²) < 4.78 is 5.20. The van der Waals surface area contributed by atoms with E-state index in [4.69, 9.17) is 10.5 Å². The number of carbonyl (C=O) groups is 1. The molecule has 2 heterocycles. The molecule has 0 aliphatic rings. The average molecular weight is 455 g/mol. The number of carbonyl (C=O) groups excluding carboxylic acids is 1. The van der Waals surface area contributed by atoms with E-state index in [1.54, 1.807) is 6.07 Å². The molecule has 0 bridgehead atoms. The van der Waals surface area contributed by atoms with Crippen molar-refractivity contribution in [3.8, 4) is 5.88 Å². The van der Waals surface area contributed by atoms with Gasteiger partial charge in [-0.25, -0.2) is 4.79 Å². The van der Waals surface area contributed by atoms with Crippen LogP contribution in [-0.4, -0.2) is 16.0 Å². The minimum atomic E-state index is -0.881. The second-order valence-electron chi connectivity index (χ2n) is 6.60. The number of nitrogens with two attached hydrogens (primary N) is 1. The summed E-state index contributed by atoms with van der Waals surface area (Å²) in [6, 6.07) is 19.0. The molecule has 0 aliphatic carbocycles. The number of primary amides is 1. The molecule has 0 aliphatic heterocycles. The normalized spacial score (nSPS) is 11.0. The number of ether oxygens (including phenoxy) is 1. The van der Waals surface area contributed by atoms with Crippen molar-refractivity contribution >= 4 is 45.1 Å². The van der Waals surface area contributed by atoms with Gasteiger partial charge in [-0.2, -0.15) is 0 Å². The van der Waals surface area contributed by atoms with E-state index in [-0.39, 0.29) is 9.92 Å². The molecular weight excluding hydrogens is 436 g/mol. The van der Waals surface area contributed by atoms with Crippen LogP contribution >= 0.6 is 23.1 Å². The molecule has 2 aromatic carbocycles. The summed E-state index contributed by atoms with van der Waals surface area (Å²) in [7, 11) is 0. The van der Waals surface area contributed by atoms with Gasteiger partial charge in [-0.15, -0.1) is 0 Å². The fourth-order valence-electron chi connectivity index (χ4n) is 3.07. The van der Waals surface area contributed by atoms with Gasteiger partial charge in [0.25, 0.3) is 0 Å². The Bertz CT molecular complexity index is 1240. The molecule has 4 rings (SSSR count). The number of rotatable bonds is 8. The molecule has 0 spiro atoms. The summed E-state index contributed by atoms with van der Waals surface area (Å²) in [6.45, 7) is 1.11. The van der Waals surface area contributed by atoms with Gasteiger partial charge in [0.1, 0.15) is 0 Å². The van der Waals surface area contributed by atoms with E-state index in [1.165, 1.54) is 17.8 Å². The second kappa shape index (κ2) is 9.21. The van der Waals surface area contributed by atoms with Gasteiger partial charge in [0.05, 0.1) is 9.82 Å². The molecule has 0 fully saturated rings. The van der Waals surface area contributed by atoms with Crippen molar-refractivity contribution < 1.29 is 14.5 Å². The summed E-state index contributed by atoms with van der Waals surface area (Å²) in [5, 5.41) is 15.1. The van der Waals surface area contributed by atoms with Crippen molar-refractivity contribution in [3.05, 3.63) is 81.2 Å². The zero-order chi connectivity index (χ0) is 21.8. The number of nitrogens with zero attached hydrogens (tertiary/aromatic N) is 1. The minimum absolute atomic E-state index is 0.134. The van der Waals surface area contributed by atoms with E-state index in [0.29, 0.717) is 19.0 Å². The fourth-order valence-corrected chi connectivity index (χ4v) is 4.87. The molecule has 0 unspecified atom stereocenters. The maximum absolute atomic E-state index is 11.4. The predicted octanol–water partition coefficient (Wildman–Crippen LogP) is 5.04. The number of amides is 1. The molecule has 4 N–H and O–H groups in total. The first-order chi connectivity index (χ1) is 15.0. The third-order valence-corrected chi connectivity index (χ3v) is 6.56. The van der Waals surface area contributed by atoms with Crippen molar-refractivity contribution in [2.45, 2.75) is 22.9 Å². The highest BCUT2D eigenvalue weighted by Gasteiger charge is 2.17. The first-order valence-corrected chi connectivity index (χ1v) is 10.9. The SMILES string of the molecule is NC(=O)Oc1[nH]c2cc(CNCc3ccc([N+](=O)[O-])s3)ccc2c1Sc1ccccc1. The molecule has 10 heteroatoms. The van der Waals surface area contributed by atoms with E-state index < -0.39 is 6.09 Å². The lowest BCUT2D eigenvalue weighted by Crippen LogP contribution is -2.16. The van der Waals surface area contributed by atoms with Crippen LogP contribution in [0.1, 0.15) is 10.4 Å². The van der Waals surface area contributed by atoms with E-state index >= 15 is 0 Å². The lowest BCUT2D eigenvalue weighted by atomic mass is 10.1. The Morgan fingerprint density at radius 3 is 2.68 bits per heavy atom. The first-order valence-electron chi connectivity index (χ1n) is 9.28. The Kier molecular flexibility index (Phi) is 6.21. The first kappa shape index (κ1) is 20.9. The molecule has 0 atom stereocenters. The molecule has 0 radical (unpaired) electrons. The number of H-pyrrole nitrogens is 1. The number of hydrogen-bond acceptors (Lipinski definition) is 7. The van der Waals surface area contributed by atoms with Gasteiger partial charge >= 0.3 is 11.1 Å².